The Morgan fingerprint density at radius 3 is 2.82 bits per heavy atom. The molecule has 0 unspecified atom stereocenters. The van der Waals surface area contributed by atoms with Crippen molar-refractivity contribution >= 4 is 11.0 Å². The molecule has 0 fully saturated rings. The summed E-state index contributed by atoms with van der Waals surface area (Å²) in [5, 5.41) is 0. The number of fused-ring (bicyclic) bond motifs is 1. The second kappa shape index (κ2) is 4.81. The summed E-state index contributed by atoms with van der Waals surface area (Å²) in [5.74, 6) is 0.533. The van der Waals surface area contributed by atoms with E-state index >= 15 is 0 Å². The number of hydrogen-bond donors (Lipinski definition) is 1. The Morgan fingerprint density at radius 1 is 1.41 bits per heavy atom. The predicted molar refractivity (Wildman–Crippen MR) is 66.1 cm³/mol. The van der Waals surface area contributed by atoms with Gasteiger partial charge in [-0.2, -0.15) is 0 Å². The Bertz CT molecular complexity index is 518. The number of likely N-dealkylation sites (N-methyl/N-ethyl adjacent to an activating group) is 1. The average molecular weight is 236 g/mol. The molecule has 5 heteroatoms. The first-order valence-corrected chi connectivity index (χ1v) is 5.61. The fourth-order valence-electron chi connectivity index (χ4n) is 1.86. The Kier molecular flexibility index (Phi) is 3.40. The first-order chi connectivity index (χ1) is 8.11. The lowest BCUT2D eigenvalue weighted by Gasteiger charge is -2.12. The van der Waals surface area contributed by atoms with E-state index in [2.05, 4.69) is 14.5 Å². The van der Waals surface area contributed by atoms with E-state index in [1.807, 2.05) is 14.1 Å². The van der Waals surface area contributed by atoms with Gasteiger partial charge in [0.15, 0.2) is 0 Å². The summed E-state index contributed by atoms with van der Waals surface area (Å²) < 4.78 is 15.2. The molecular formula is C12H17FN4. The number of benzene rings is 1. The quantitative estimate of drug-likeness (QED) is 0.867. The standard InChI is InChI=1S/C12H17FN4/c1-16(2)5-6-17-11-4-3-9(13)7-10(11)15-12(17)8-14/h3-4,7H,5-6,8,14H2,1-2H3. The van der Waals surface area contributed by atoms with Crippen LogP contribution in [0.2, 0.25) is 0 Å². The van der Waals surface area contributed by atoms with E-state index in [0.29, 0.717) is 12.1 Å². The Morgan fingerprint density at radius 2 is 2.18 bits per heavy atom. The molecule has 1 heterocycles. The molecule has 0 radical (unpaired) electrons. The summed E-state index contributed by atoms with van der Waals surface area (Å²) in [6.07, 6.45) is 0. The van der Waals surface area contributed by atoms with Gasteiger partial charge >= 0.3 is 0 Å². The molecule has 2 N–H and O–H groups in total. The van der Waals surface area contributed by atoms with Crippen LogP contribution in [0.15, 0.2) is 18.2 Å². The van der Waals surface area contributed by atoms with Crippen LogP contribution < -0.4 is 5.73 Å². The van der Waals surface area contributed by atoms with Crippen LogP contribution in [-0.4, -0.2) is 35.1 Å². The highest BCUT2D eigenvalue weighted by atomic mass is 19.1. The minimum Gasteiger partial charge on any atom is -0.326 e. The van der Waals surface area contributed by atoms with Gasteiger partial charge in [0, 0.05) is 19.2 Å². The van der Waals surface area contributed by atoms with Crippen LogP contribution in [0.25, 0.3) is 11.0 Å². The lowest BCUT2D eigenvalue weighted by Crippen LogP contribution is -2.20. The predicted octanol–water partition coefficient (Wildman–Crippen LogP) is 1.20. The Balaban J connectivity index is 2.43. The topological polar surface area (TPSA) is 47.1 Å². The monoisotopic (exact) mass is 236 g/mol. The van der Waals surface area contributed by atoms with Gasteiger partial charge < -0.3 is 15.2 Å². The van der Waals surface area contributed by atoms with Crippen LogP contribution >= 0.6 is 0 Å². The molecule has 17 heavy (non-hydrogen) atoms. The smallest absolute Gasteiger partial charge is 0.125 e. The molecule has 0 saturated carbocycles. The number of aromatic nitrogens is 2. The third-order valence-corrected chi connectivity index (χ3v) is 2.74. The van der Waals surface area contributed by atoms with Crippen LogP contribution in [0.4, 0.5) is 4.39 Å². The summed E-state index contributed by atoms with van der Waals surface area (Å²) >= 11 is 0. The van der Waals surface area contributed by atoms with Crippen molar-refractivity contribution in [2.75, 3.05) is 20.6 Å². The van der Waals surface area contributed by atoms with Gasteiger partial charge in [0.1, 0.15) is 11.6 Å². The van der Waals surface area contributed by atoms with Crippen molar-refractivity contribution in [3.05, 3.63) is 29.8 Å². The summed E-state index contributed by atoms with van der Waals surface area (Å²) in [6, 6.07) is 4.66. The fraction of sp³-hybridized carbons (Fsp3) is 0.417. The summed E-state index contributed by atoms with van der Waals surface area (Å²) in [7, 11) is 4.03. The lowest BCUT2D eigenvalue weighted by atomic mass is 10.3. The van der Waals surface area contributed by atoms with Gasteiger partial charge in [0.25, 0.3) is 0 Å². The zero-order chi connectivity index (χ0) is 12.4. The number of imidazole rings is 1. The van der Waals surface area contributed by atoms with Gasteiger partial charge in [0.05, 0.1) is 17.6 Å². The Hall–Kier alpha value is -1.46. The lowest BCUT2D eigenvalue weighted by molar-refractivity contribution is 0.383. The molecule has 2 rings (SSSR count). The van der Waals surface area contributed by atoms with Crippen LogP contribution in [-0.2, 0) is 13.1 Å². The largest absolute Gasteiger partial charge is 0.326 e. The average Bonchev–Trinajstić information content (AvgIpc) is 2.63. The van der Waals surface area contributed by atoms with E-state index in [1.165, 1.54) is 12.1 Å². The van der Waals surface area contributed by atoms with Crippen LogP contribution in [0.3, 0.4) is 0 Å². The number of halogens is 1. The maximum atomic E-state index is 13.1. The molecule has 0 aliphatic rings. The highest BCUT2D eigenvalue weighted by Crippen LogP contribution is 2.17. The molecule has 4 nitrogen and oxygen atoms in total. The summed E-state index contributed by atoms with van der Waals surface area (Å²) in [6.45, 7) is 2.07. The van der Waals surface area contributed by atoms with E-state index in [0.717, 1.165) is 24.4 Å². The highest BCUT2D eigenvalue weighted by Gasteiger charge is 2.10. The molecule has 2 aromatic rings. The van der Waals surface area contributed by atoms with Crippen LogP contribution in [0, 0.1) is 5.82 Å². The highest BCUT2D eigenvalue weighted by molar-refractivity contribution is 5.76. The molecule has 1 aromatic carbocycles. The van der Waals surface area contributed by atoms with E-state index in [9.17, 15) is 4.39 Å². The first-order valence-electron chi connectivity index (χ1n) is 5.61. The second-order valence-electron chi connectivity index (χ2n) is 4.32. The molecule has 0 atom stereocenters. The van der Waals surface area contributed by atoms with Crippen LogP contribution in [0.5, 0.6) is 0 Å². The maximum absolute atomic E-state index is 13.1. The van der Waals surface area contributed by atoms with Gasteiger partial charge in [-0.05, 0) is 26.2 Å². The zero-order valence-corrected chi connectivity index (χ0v) is 10.2. The van der Waals surface area contributed by atoms with Crippen LogP contribution in [0.1, 0.15) is 5.82 Å². The molecular weight excluding hydrogens is 219 g/mol. The Labute approximate surface area is 99.8 Å². The molecule has 92 valence electrons. The van der Waals surface area contributed by atoms with E-state index < -0.39 is 0 Å². The second-order valence-corrected chi connectivity index (χ2v) is 4.32. The van der Waals surface area contributed by atoms with E-state index in [-0.39, 0.29) is 5.82 Å². The molecule has 0 saturated heterocycles. The van der Waals surface area contributed by atoms with Crippen molar-refractivity contribution in [2.24, 2.45) is 5.73 Å². The van der Waals surface area contributed by atoms with Gasteiger partial charge in [0.2, 0.25) is 0 Å². The van der Waals surface area contributed by atoms with Crippen molar-refractivity contribution < 1.29 is 4.39 Å². The third kappa shape index (κ3) is 2.45. The zero-order valence-electron chi connectivity index (χ0n) is 10.2. The van der Waals surface area contributed by atoms with Crippen molar-refractivity contribution in [3.8, 4) is 0 Å². The molecule has 0 aliphatic carbocycles. The van der Waals surface area contributed by atoms with Crippen molar-refractivity contribution in [3.63, 3.8) is 0 Å². The van der Waals surface area contributed by atoms with Crippen molar-refractivity contribution in [1.29, 1.82) is 0 Å². The molecule has 1 aromatic heterocycles. The van der Waals surface area contributed by atoms with E-state index in [1.54, 1.807) is 6.07 Å². The van der Waals surface area contributed by atoms with Gasteiger partial charge in [-0.15, -0.1) is 0 Å². The minimum atomic E-state index is -0.265. The SMILES string of the molecule is CN(C)CCn1c(CN)nc2cc(F)ccc21. The number of nitrogens with zero attached hydrogens (tertiary/aromatic N) is 3. The molecule has 0 amide bonds. The molecule has 0 aliphatic heterocycles. The number of nitrogens with two attached hydrogens (primary N) is 1. The van der Waals surface area contributed by atoms with Crippen molar-refractivity contribution in [2.45, 2.75) is 13.1 Å². The number of hydrogen-bond acceptors (Lipinski definition) is 3. The van der Waals surface area contributed by atoms with Gasteiger partial charge in [-0.25, -0.2) is 9.37 Å². The number of rotatable bonds is 4. The molecule has 0 spiro atoms. The maximum Gasteiger partial charge on any atom is 0.125 e. The first kappa shape index (κ1) is 12.0. The van der Waals surface area contributed by atoms with E-state index in [4.69, 9.17) is 5.73 Å². The van der Waals surface area contributed by atoms with Gasteiger partial charge in [-0.3, -0.25) is 0 Å². The summed E-state index contributed by atoms with van der Waals surface area (Å²) in [5.41, 5.74) is 7.28. The third-order valence-electron chi connectivity index (χ3n) is 2.74. The minimum absolute atomic E-state index is 0.265. The summed E-state index contributed by atoms with van der Waals surface area (Å²) in [4.78, 5) is 6.44. The normalized spacial score (nSPS) is 11.6. The van der Waals surface area contributed by atoms with Gasteiger partial charge in [-0.1, -0.05) is 0 Å². The molecule has 0 bridgehead atoms. The fourth-order valence-corrected chi connectivity index (χ4v) is 1.86. The van der Waals surface area contributed by atoms with Crippen molar-refractivity contribution in [1.82, 2.24) is 14.5 Å².